The first-order valence-electron chi connectivity index (χ1n) is 8.66. The van der Waals surface area contributed by atoms with Crippen molar-refractivity contribution in [2.45, 2.75) is 64.5 Å². The van der Waals surface area contributed by atoms with E-state index in [1.807, 2.05) is 0 Å². The first kappa shape index (κ1) is 16.5. The first-order valence-corrected chi connectivity index (χ1v) is 8.66. The molecular weight excluding hydrogens is 256 g/mol. The molecule has 0 spiro atoms. The van der Waals surface area contributed by atoms with E-state index in [4.69, 9.17) is 0 Å². The fourth-order valence-corrected chi connectivity index (χ4v) is 3.69. The highest BCUT2D eigenvalue weighted by Crippen LogP contribution is 2.34. The SMILES string of the molecule is CCCCN1CC(C)(c2ccccc2)NCC1(CC)CC. The lowest BCUT2D eigenvalue weighted by atomic mass is 9.80. The standard InChI is InChI=1S/C19H32N2/c1-5-8-14-21-16-18(4,17-12-10-9-11-13-17)20-15-19(21,6-2)7-3/h9-13,20H,5-8,14-16H2,1-4H3. The van der Waals surface area contributed by atoms with Crippen LogP contribution in [-0.2, 0) is 5.54 Å². The smallest absolute Gasteiger partial charge is 0.0535 e. The largest absolute Gasteiger partial charge is 0.305 e. The van der Waals surface area contributed by atoms with Gasteiger partial charge in [-0.3, -0.25) is 4.90 Å². The molecule has 1 aromatic rings. The van der Waals surface area contributed by atoms with Crippen LogP contribution in [0.15, 0.2) is 30.3 Å². The van der Waals surface area contributed by atoms with Crippen LogP contribution in [0.2, 0.25) is 0 Å². The van der Waals surface area contributed by atoms with E-state index in [2.05, 4.69) is 68.2 Å². The Hall–Kier alpha value is -0.860. The minimum atomic E-state index is 0.0723. The molecule has 21 heavy (non-hydrogen) atoms. The van der Waals surface area contributed by atoms with Gasteiger partial charge in [0.25, 0.3) is 0 Å². The number of unbranched alkanes of at least 4 members (excludes halogenated alkanes) is 1. The second-order valence-electron chi connectivity index (χ2n) is 6.76. The van der Waals surface area contributed by atoms with Crippen LogP contribution >= 0.6 is 0 Å². The van der Waals surface area contributed by atoms with Crippen molar-refractivity contribution < 1.29 is 0 Å². The predicted octanol–water partition coefficient (Wildman–Crippen LogP) is 4.17. The summed E-state index contributed by atoms with van der Waals surface area (Å²) in [7, 11) is 0. The summed E-state index contributed by atoms with van der Waals surface area (Å²) in [6.07, 6.45) is 5.03. The molecule has 1 unspecified atom stereocenters. The second kappa shape index (κ2) is 6.93. The average Bonchev–Trinajstić information content (AvgIpc) is 2.54. The minimum absolute atomic E-state index is 0.0723. The number of benzene rings is 1. The monoisotopic (exact) mass is 288 g/mol. The molecule has 0 amide bonds. The van der Waals surface area contributed by atoms with Crippen molar-refractivity contribution in [3.05, 3.63) is 35.9 Å². The summed E-state index contributed by atoms with van der Waals surface area (Å²) in [5, 5.41) is 3.87. The molecule has 2 rings (SSSR count). The molecule has 2 nitrogen and oxygen atoms in total. The van der Waals surface area contributed by atoms with Gasteiger partial charge in [0.1, 0.15) is 0 Å². The van der Waals surface area contributed by atoms with Crippen molar-refractivity contribution >= 4 is 0 Å². The number of hydrogen-bond acceptors (Lipinski definition) is 2. The Morgan fingerprint density at radius 3 is 2.33 bits per heavy atom. The van der Waals surface area contributed by atoms with E-state index in [9.17, 15) is 0 Å². The Morgan fingerprint density at radius 2 is 1.76 bits per heavy atom. The maximum absolute atomic E-state index is 3.87. The molecule has 1 saturated heterocycles. The fraction of sp³-hybridized carbons (Fsp3) is 0.684. The van der Waals surface area contributed by atoms with Crippen molar-refractivity contribution in [3.63, 3.8) is 0 Å². The summed E-state index contributed by atoms with van der Waals surface area (Å²) in [6, 6.07) is 10.9. The molecule has 0 radical (unpaired) electrons. The van der Waals surface area contributed by atoms with Crippen LogP contribution in [0, 0.1) is 0 Å². The van der Waals surface area contributed by atoms with Crippen LogP contribution in [0.25, 0.3) is 0 Å². The number of rotatable bonds is 6. The maximum atomic E-state index is 3.87. The quantitative estimate of drug-likeness (QED) is 0.845. The van der Waals surface area contributed by atoms with Gasteiger partial charge in [0, 0.05) is 18.6 Å². The lowest BCUT2D eigenvalue weighted by molar-refractivity contribution is 0.00121. The molecule has 2 heteroatoms. The summed E-state index contributed by atoms with van der Waals surface area (Å²) >= 11 is 0. The van der Waals surface area contributed by atoms with E-state index in [0.29, 0.717) is 5.54 Å². The van der Waals surface area contributed by atoms with Gasteiger partial charge < -0.3 is 5.32 Å². The van der Waals surface area contributed by atoms with Crippen LogP contribution in [0.3, 0.4) is 0 Å². The van der Waals surface area contributed by atoms with Gasteiger partial charge in [-0.05, 0) is 38.3 Å². The molecule has 1 heterocycles. The molecule has 0 aromatic heterocycles. The molecule has 1 fully saturated rings. The van der Waals surface area contributed by atoms with Crippen LogP contribution < -0.4 is 5.32 Å². The molecule has 1 aliphatic heterocycles. The van der Waals surface area contributed by atoms with E-state index < -0.39 is 0 Å². The highest BCUT2D eigenvalue weighted by molar-refractivity contribution is 5.26. The van der Waals surface area contributed by atoms with E-state index in [1.54, 1.807) is 0 Å². The Kier molecular flexibility index (Phi) is 5.45. The summed E-state index contributed by atoms with van der Waals surface area (Å²) in [5.41, 5.74) is 1.82. The normalized spacial score (nSPS) is 25.9. The molecule has 1 aromatic carbocycles. The molecule has 0 aliphatic carbocycles. The first-order chi connectivity index (χ1) is 10.1. The lowest BCUT2D eigenvalue weighted by Gasteiger charge is -2.54. The van der Waals surface area contributed by atoms with E-state index in [0.717, 1.165) is 13.1 Å². The van der Waals surface area contributed by atoms with E-state index >= 15 is 0 Å². The van der Waals surface area contributed by atoms with Gasteiger partial charge in [0.2, 0.25) is 0 Å². The fourth-order valence-electron chi connectivity index (χ4n) is 3.69. The van der Waals surface area contributed by atoms with E-state index in [1.165, 1.54) is 37.8 Å². The van der Waals surface area contributed by atoms with Crippen molar-refractivity contribution in [2.24, 2.45) is 0 Å². The van der Waals surface area contributed by atoms with Gasteiger partial charge >= 0.3 is 0 Å². The Bertz CT molecular complexity index is 424. The summed E-state index contributed by atoms with van der Waals surface area (Å²) in [5.74, 6) is 0. The highest BCUT2D eigenvalue weighted by Gasteiger charge is 2.43. The van der Waals surface area contributed by atoms with Gasteiger partial charge in [-0.1, -0.05) is 57.5 Å². The maximum Gasteiger partial charge on any atom is 0.0535 e. The Morgan fingerprint density at radius 1 is 1.10 bits per heavy atom. The Balaban J connectivity index is 2.23. The van der Waals surface area contributed by atoms with Gasteiger partial charge in [0.15, 0.2) is 0 Å². The molecular formula is C19H32N2. The Labute approximate surface area is 130 Å². The highest BCUT2D eigenvalue weighted by atomic mass is 15.3. The number of hydrogen-bond donors (Lipinski definition) is 1. The van der Waals surface area contributed by atoms with Gasteiger partial charge in [0.05, 0.1) is 5.54 Å². The van der Waals surface area contributed by atoms with Gasteiger partial charge in [-0.15, -0.1) is 0 Å². The molecule has 1 aliphatic rings. The van der Waals surface area contributed by atoms with Crippen molar-refractivity contribution in [1.29, 1.82) is 0 Å². The van der Waals surface area contributed by atoms with Crippen LogP contribution in [0.5, 0.6) is 0 Å². The van der Waals surface area contributed by atoms with Gasteiger partial charge in [-0.25, -0.2) is 0 Å². The van der Waals surface area contributed by atoms with Crippen molar-refractivity contribution in [1.82, 2.24) is 10.2 Å². The van der Waals surface area contributed by atoms with Gasteiger partial charge in [-0.2, -0.15) is 0 Å². The molecule has 0 bridgehead atoms. The number of nitrogens with one attached hydrogen (secondary N) is 1. The van der Waals surface area contributed by atoms with E-state index in [-0.39, 0.29) is 5.54 Å². The predicted molar refractivity (Wildman–Crippen MR) is 91.6 cm³/mol. The van der Waals surface area contributed by atoms with Crippen LogP contribution in [-0.4, -0.2) is 30.1 Å². The summed E-state index contributed by atoms with van der Waals surface area (Å²) in [6.45, 7) is 12.8. The summed E-state index contributed by atoms with van der Waals surface area (Å²) in [4.78, 5) is 2.76. The molecule has 118 valence electrons. The third kappa shape index (κ3) is 3.32. The number of nitrogens with zero attached hydrogens (tertiary/aromatic N) is 1. The second-order valence-corrected chi connectivity index (χ2v) is 6.76. The topological polar surface area (TPSA) is 15.3 Å². The zero-order valence-electron chi connectivity index (χ0n) is 14.3. The third-order valence-corrected chi connectivity index (χ3v) is 5.49. The lowest BCUT2D eigenvalue weighted by Crippen LogP contribution is -2.67. The molecule has 0 saturated carbocycles. The average molecular weight is 288 g/mol. The molecule has 1 atom stereocenters. The van der Waals surface area contributed by atoms with Crippen molar-refractivity contribution in [3.8, 4) is 0 Å². The minimum Gasteiger partial charge on any atom is -0.305 e. The van der Waals surface area contributed by atoms with Crippen LogP contribution in [0.4, 0.5) is 0 Å². The zero-order chi connectivity index (χ0) is 15.3. The summed E-state index contributed by atoms with van der Waals surface area (Å²) < 4.78 is 0. The third-order valence-electron chi connectivity index (χ3n) is 5.49. The van der Waals surface area contributed by atoms with Crippen molar-refractivity contribution in [2.75, 3.05) is 19.6 Å². The zero-order valence-corrected chi connectivity index (χ0v) is 14.3. The molecule has 1 N–H and O–H groups in total. The number of piperazine rings is 1. The van der Waals surface area contributed by atoms with Crippen LogP contribution in [0.1, 0.15) is 58.9 Å².